The number of alkyl halides is 1. The molecule has 2 aromatic rings. The Balaban J connectivity index is 2.24. The van der Waals surface area contributed by atoms with Crippen molar-refractivity contribution in [2.24, 2.45) is 0 Å². The van der Waals surface area contributed by atoms with Crippen LogP contribution in [0.25, 0.3) is 0 Å². The van der Waals surface area contributed by atoms with E-state index in [4.69, 9.17) is 16.3 Å². The summed E-state index contributed by atoms with van der Waals surface area (Å²) < 4.78 is 45.4. The lowest BCUT2D eigenvalue weighted by Crippen LogP contribution is -2.02. The van der Waals surface area contributed by atoms with Crippen LogP contribution in [0.5, 0.6) is 5.75 Å². The lowest BCUT2D eigenvalue weighted by molar-refractivity contribution is 0.386. The lowest BCUT2D eigenvalue weighted by atomic mass is 10.0. The van der Waals surface area contributed by atoms with Crippen LogP contribution < -0.4 is 4.74 Å². The summed E-state index contributed by atoms with van der Waals surface area (Å²) in [5.41, 5.74) is 0.330. The SMILES string of the molecule is COc1ccc(C(Cl)Cc2c(F)cccc2F)cc1F. The topological polar surface area (TPSA) is 9.23 Å². The highest BCUT2D eigenvalue weighted by Crippen LogP contribution is 2.30. The Kier molecular flexibility index (Phi) is 4.55. The Morgan fingerprint density at radius 3 is 2.25 bits per heavy atom. The predicted octanol–water partition coefficient (Wildman–Crippen LogP) is 4.64. The van der Waals surface area contributed by atoms with Crippen LogP contribution in [-0.2, 0) is 6.42 Å². The molecule has 0 aliphatic heterocycles. The monoisotopic (exact) mass is 300 g/mol. The number of ether oxygens (including phenoxy) is 1. The third-order valence-corrected chi connectivity index (χ3v) is 3.39. The van der Waals surface area contributed by atoms with Crippen molar-refractivity contribution in [2.75, 3.05) is 7.11 Å². The van der Waals surface area contributed by atoms with Crippen molar-refractivity contribution in [3.63, 3.8) is 0 Å². The molecule has 0 bridgehead atoms. The van der Waals surface area contributed by atoms with Crippen molar-refractivity contribution in [1.82, 2.24) is 0 Å². The van der Waals surface area contributed by atoms with Crippen LogP contribution in [0.15, 0.2) is 36.4 Å². The molecule has 0 N–H and O–H groups in total. The summed E-state index contributed by atoms with van der Waals surface area (Å²) in [4.78, 5) is 0. The van der Waals surface area contributed by atoms with E-state index in [1.54, 1.807) is 6.07 Å². The van der Waals surface area contributed by atoms with Crippen molar-refractivity contribution < 1.29 is 17.9 Å². The van der Waals surface area contributed by atoms with E-state index in [9.17, 15) is 13.2 Å². The molecule has 0 fully saturated rings. The van der Waals surface area contributed by atoms with Crippen LogP contribution in [0.3, 0.4) is 0 Å². The van der Waals surface area contributed by atoms with E-state index in [2.05, 4.69) is 0 Å². The second-order valence-corrected chi connectivity index (χ2v) is 4.79. The molecule has 5 heteroatoms. The standard InChI is InChI=1S/C15H12ClF3O/c1-20-15-6-5-9(7-14(15)19)11(16)8-10-12(17)3-2-4-13(10)18/h2-7,11H,8H2,1H3. The molecule has 1 nitrogen and oxygen atoms in total. The number of hydrogen-bond acceptors (Lipinski definition) is 1. The van der Waals surface area contributed by atoms with E-state index >= 15 is 0 Å². The van der Waals surface area contributed by atoms with Crippen LogP contribution in [0.2, 0.25) is 0 Å². The van der Waals surface area contributed by atoms with Gasteiger partial charge in [-0.05, 0) is 36.2 Å². The van der Waals surface area contributed by atoms with Crippen molar-refractivity contribution >= 4 is 11.6 Å². The first-order chi connectivity index (χ1) is 9.52. The van der Waals surface area contributed by atoms with Gasteiger partial charge in [-0.15, -0.1) is 11.6 Å². The minimum Gasteiger partial charge on any atom is -0.494 e. The van der Waals surface area contributed by atoms with Crippen LogP contribution in [0.1, 0.15) is 16.5 Å². The third-order valence-electron chi connectivity index (χ3n) is 2.98. The lowest BCUT2D eigenvalue weighted by Gasteiger charge is -2.12. The molecule has 0 aromatic heterocycles. The van der Waals surface area contributed by atoms with E-state index in [-0.39, 0.29) is 17.7 Å². The fraction of sp³-hybridized carbons (Fsp3) is 0.200. The number of methoxy groups -OCH3 is 1. The van der Waals surface area contributed by atoms with E-state index in [1.165, 1.54) is 25.3 Å². The molecule has 1 unspecified atom stereocenters. The van der Waals surface area contributed by atoms with Gasteiger partial charge in [0.1, 0.15) is 11.6 Å². The Morgan fingerprint density at radius 1 is 1.05 bits per heavy atom. The van der Waals surface area contributed by atoms with E-state index in [0.717, 1.165) is 12.1 Å². The summed E-state index contributed by atoms with van der Waals surface area (Å²) in [6.07, 6.45) is -0.0637. The van der Waals surface area contributed by atoms with Gasteiger partial charge in [-0.1, -0.05) is 12.1 Å². The number of benzene rings is 2. The second kappa shape index (κ2) is 6.18. The molecule has 0 aliphatic carbocycles. The normalized spacial score (nSPS) is 12.2. The molecule has 106 valence electrons. The summed E-state index contributed by atoms with van der Waals surface area (Å²) in [6, 6.07) is 7.81. The molecule has 2 aromatic carbocycles. The van der Waals surface area contributed by atoms with Gasteiger partial charge < -0.3 is 4.74 Å². The van der Waals surface area contributed by atoms with Gasteiger partial charge in [0.05, 0.1) is 12.5 Å². The number of rotatable bonds is 4. The Morgan fingerprint density at radius 2 is 1.70 bits per heavy atom. The summed E-state index contributed by atoms with van der Waals surface area (Å²) >= 11 is 6.11. The highest BCUT2D eigenvalue weighted by molar-refractivity contribution is 6.20. The van der Waals surface area contributed by atoms with Crippen LogP contribution in [-0.4, -0.2) is 7.11 Å². The van der Waals surface area contributed by atoms with Crippen molar-refractivity contribution in [3.05, 3.63) is 65.0 Å². The largest absolute Gasteiger partial charge is 0.494 e. The quantitative estimate of drug-likeness (QED) is 0.748. The summed E-state index contributed by atoms with van der Waals surface area (Å²) in [5.74, 6) is -1.80. The first-order valence-corrected chi connectivity index (χ1v) is 6.37. The maximum Gasteiger partial charge on any atom is 0.165 e. The van der Waals surface area contributed by atoms with E-state index in [0.29, 0.717) is 5.56 Å². The van der Waals surface area contributed by atoms with Gasteiger partial charge >= 0.3 is 0 Å². The molecular weight excluding hydrogens is 289 g/mol. The van der Waals surface area contributed by atoms with Gasteiger partial charge in [-0.3, -0.25) is 0 Å². The van der Waals surface area contributed by atoms with E-state index < -0.39 is 22.8 Å². The second-order valence-electron chi connectivity index (χ2n) is 4.27. The fourth-order valence-electron chi connectivity index (χ4n) is 1.90. The molecule has 0 spiro atoms. The Bertz CT molecular complexity index is 596. The maximum atomic E-state index is 13.6. The van der Waals surface area contributed by atoms with Crippen LogP contribution >= 0.6 is 11.6 Å². The minimum atomic E-state index is -0.734. The average Bonchev–Trinajstić information content (AvgIpc) is 2.42. The van der Waals surface area contributed by atoms with Crippen LogP contribution in [0.4, 0.5) is 13.2 Å². The fourth-order valence-corrected chi connectivity index (χ4v) is 2.19. The predicted molar refractivity (Wildman–Crippen MR) is 71.6 cm³/mol. The van der Waals surface area contributed by atoms with Gasteiger partial charge in [0.15, 0.2) is 11.6 Å². The highest BCUT2D eigenvalue weighted by Gasteiger charge is 2.17. The average molecular weight is 301 g/mol. The zero-order valence-electron chi connectivity index (χ0n) is 10.7. The Labute approximate surface area is 119 Å². The minimum absolute atomic E-state index is 0.0637. The summed E-state index contributed by atoms with van der Waals surface area (Å²) in [5, 5.41) is -0.734. The van der Waals surface area contributed by atoms with Crippen molar-refractivity contribution in [3.8, 4) is 5.75 Å². The third kappa shape index (κ3) is 3.07. The summed E-state index contributed by atoms with van der Waals surface area (Å²) in [7, 11) is 1.35. The first kappa shape index (κ1) is 14.7. The molecule has 0 amide bonds. The molecule has 1 atom stereocenters. The molecular formula is C15H12ClF3O. The maximum absolute atomic E-state index is 13.6. The van der Waals surface area contributed by atoms with Gasteiger partial charge in [0.25, 0.3) is 0 Å². The zero-order valence-corrected chi connectivity index (χ0v) is 11.4. The first-order valence-electron chi connectivity index (χ1n) is 5.93. The van der Waals surface area contributed by atoms with Gasteiger partial charge in [0.2, 0.25) is 0 Å². The Hall–Kier alpha value is -1.68. The molecule has 20 heavy (non-hydrogen) atoms. The number of hydrogen-bond donors (Lipinski definition) is 0. The van der Waals surface area contributed by atoms with E-state index in [1.807, 2.05) is 0 Å². The number of halogens is 4. The van der Waals surface area contributed by atoms with Crippen molar-refractivity contribution in [1.29, 1.82) is 0 Å². The summed E-state index contributed by atoms with van der Waals surface area (Å²) in [6.45, 7) is 0. The van der Waals surface area contributed by atoms with Gasteiger partial charge in [0, 0.05) is 5.56 Å². The molecule has 0 aliphatic rings. The zero-order chi connectivity index (χ0) is 14.7. The van der Waals surface area contributed by atoms with Crippen LogP contribution in [0, 0.1) is 17.5 Å². The van der Waals surface area contributed by atoms with Crippen molar-refractivity contribution in [2.45, 2.75) is 11.8 Å². The molecule has 0 saturated carbocycles. The molecule has 0 heterocycles. The van der Waals surface area contributed by atoms with Gasteiger partial charge in [-0.2, -0.15) is 0 Å². The highest BCUT2D eigenvalue weighted by atomic mass is 35.5. The van der Waals surface area contributed by atoms with Gasteiger partial charge in [-0.25, -0.2) is 13.2 Å². The smallest absolute Gasteiger partial charge is 0.165 e. The molecule has 0 radical (unpaired) electrons. The molecule has 0 saturated heterocycles. The molecule has 2 rings (SSSR count).